The summed E-state index contributed by atoms with van der Waals surface area (Å²) in [6.45, 7) is 3.24. The summed E-state index contributed by atoms with van der Waals surface area (Å²) in [6, 6.07) is 7.47. The normalized spacial score (nSPS) is 20.4. The molecule has 0 aliphatic carbocycles. The fraction of sp³-hybridized carbons (Fsp3) is 0.500. The predicted octanol–water partition coefficient (Wildman–Crippen LogP) is 1.21. The standard InChI is InChI=1S/C28H34F3N9O4.Nd/c29-28(30,31)20-12-22-16-37-6-10-38(18-26(41)42)8-4-36(5-9-39(11-7-37)19-27(43)44)15-21-2-1-3-24(34-21)25-14-32-35-40(25)17-23(13-20)33-22;/h1-3,12-14H,4-11,15-19H2,(H,41,42)(H,43,44);. The first-order valence-electron chi connectivity index (χ1n) is 14.3. The molecule has 0 saturated carbocycles. The topological polar surface area (TPSA) is 144 Å². The first kappa shape index (κ1) is 35.2. The Morgan fingerprint density at radius 2 is 1.29 bits per heavy atom. The molecule has 6 heterocycles. The number of carboxylic acid groups (broad SMARTS) is 2. The number of aromatic nitrogens is 5. The molecule has 3 aliphatic rings. The largest absolute Gasteiger partial charge is 0.480 e. The van der Waals surface area contributed by atoms with Gasteiger partial charge < -0.3 is 10.2 Å². The van der Waals surface area contributed by atoms with Crippen molar-refractivity contribution in [3.63, 3.8) is 0 Å². The van der Waals surface area contributed by atoms with Crippen molar-refractivity contribution in [2.24, 2.45) is 0 Å². The van der Waals surface area contributed by atoms with Crippen molar-refractivity contribution in [2.45, 2.75) is 25.8 Å². The maximum Gasteiger partial charge on any atom is 0.416 e. The maximum atomic E-state index is 14.0. The molecule has 0 spiro atoms. The van der Waals surface area contributed by atoms with E-state index in [1.54, 1.807) is 15.9 Å². The summed E-state index contributed by atoms with van der Waals surface area (Å²) in [5.74, 6) is -1.96. The number of hydrogen-bond acceptors (Lipinski definition) is 10. The number of aliphatic carboxylic acids is 2. The van der Waals surface area contributed by atoms with E-state index in [2.05, 4.69) is 20.2 Å². The van der Waals surface area contributed by atoms with Crippen LogP contribution in [0.15, 0.2) is 36.5 Å². The molecule has 0 unspecified atom stereocenters. The Morgan fingerprint density at radius 1 is 0.756 bits per heavy atom. The molecular formula is C28H34F3N9NdO4. The third-order valence-electron chi connectivity index (χ3n) is 7.68. The molecule has 6 bridgehead atoms. The van der Waals surface area contributed by atoms with Gasteiger partial charge in [0.15, 0.2) is 0 Å². The maximum absolute atomic E-state index is 14.0. The third kappa shape index (κ3) is 10.2. The number of rotatable bonds is 4. The van der Waals surface area contributed by atoms with Crippen LogP contribution in [0.5, 0.6) is 0 Å². The number of carbonyl (C=O) groups is 2. The van der Waals surface area contributed by atoms with Gasteiger partial charge in [-0.25, -0.2) is 9.67 Å². The summed E-state index contributed by atoms with van der Waals surface area (Å²) >= 11 is 0. The van der Waals surface area contributed by atoms with Gasteiger partial charge in [-0.05, 0) is 24.3 Å². The van der Waals surface area contributed by atoms with Gasteiger partial charge in [0.1, 0.15) is 5.69 Å². The molecule has 240 valence electrons. The van der Waals surface area contributed by atoms with E-state index in [4.69, 9.17) is 4.98 Å². The summed E-state index contributed by atoms with van der Waals surface area (Å²) in [4.78, 5) is 40.4. The van der Waals surface area contributed by atoms with E-state index >= 15 is 0 Å². The Bertz CT molecular complexity index is 1440. The number of alkyl halides is 3. The van der Waals surface area contributed by atoms with E-state index < -0.39 is 23.7 Å². The van der Waals surface area contributed by atoms with Crippen molar-refractivity contribution in [2.75, 3.05) is 65.4 Å². The summed E-state index contributed by atoms with van der Waals surface area (Å²) in [6.07, 6.45) is -3.11. The van der Waals surface area contributed by atoms with Crippen LogP contribution >= 0.6 is 0 Å². The fourth-order valence-corrected chi connectivity index (χ4v) is 5.46. The van der Waals surface area contributed by atoms with Gasteiger partial charge in [0, 0.05) is 106 Å². The summed E-state index contributed by atoms with van der Waals surface area (Å²) in [7, 11) is 0. The quantitative estimate of drug-likeness (QED) is 0.395. The molecule has 13 nitrogen and oxygen atoms in total. The van der Waals surface area contributed by atoms with E-state index in [0.717, 1.165) is 12.1 Å². The first-order chi connectivity index (χ1) is 21.0. The fourth-order valence-electron chi connectivity index (χ4n) is 5.46. The van der Waals surface area contributed by atoms with Gasteiger partial charge in [0.05, 0.1) is 54.2 Å². The van der Waals surface area contributed by atoms with Crippen LogP contribution in [0, 0.1) is 40.8 Å². The van der Waals surface area contributed by atoms with Gasteiger partial charge in [-0.1, -0.05) is 11.3 Å². The molecule has 17 heteroatoms. The van der Waals surface area contributed by atoms with Gasteiger partial charge >= 0.3 is 18.1 Å². The Hall–Kier alpha value is -2.64. The number of fused-ring (bicyclic) bond motifs is 8. The smallest absolute Gasteiger partial charge is 0.416 e. The molecule has 45 heavy (non-hydrogen) atoms. The minimum absolute atomic E-state index is 0. The van der Waals surface area contributed by atoms with Crippen LogP contribution in [0.25, 0.3) is 11.4 Å². The second-order valence-electron chi connectivity index (χ2n) is 11.0. The van der Waals surface area contributed by atoms with Crippen LogP contribution in [-0.4, -0.2) is 132 Å². The third-order valence-corrected chi connectivity index (χ3v) is 7.68. The molecule has 3 aromatic heterocycles. The molecule has 1 fully saturated rings. The molecule has 3 aliphatic heterocycles. The zero-order valence-corrected chi connectivity index (χ0v) is 27.7. The number of carboxylic acids is 2. The van der Waals surface area contributed by atoms with Crippen molar-refractivity contribution >= 4 is 11.9 Å². The van der Waals surface area contributed by atoms with E-state index in [9.17, 15) is 33.0 Å². The summed E-state index contributed by atoms with van der Waals surface area (Å²) in [5.41, 5.74) is 1.25. The molecule has 0 aromatic carbocycles. The Balaban J connectivity index is 0.00000461. The molecule has 3 aromatic rings. The molecular weight excluding hydrogens is 728 g/mol. The second kappa shape index (κ2) is 15.8. The zero-order chi connectivity index (χ0) is 31.3. The van der Waals surface area contributed by atoms with Gasteiger partial charge in [0.25, 0.3) is 0 Å². The van der Waals surface area contributed by atoms with E-state index in [1.165, 1.54) is 10.9 Å². The van der Waals surface area contributed by atoms with Gasteiger partial charge in [-0.2, -0.15) is 13.2 Å². The monoisotopic (exact) mass is 759 g/mol. The van der Waals surface area contributed by atoms with E-state index in [0.29, 0.717) is 76.0 Å². The summed E-state index contributed by atoms with van der Waals surface area (Å²) in [5, 5.41) is 27.2. The average molecular weight is 762 g/mol. The predicted molar refractivity (Wildman–Crippen MR) is 150 cm³/mol. The number of pyridine rings is 2. The molecule has 0 radical (unpaired) electrons. The minimum atomic E-state index is -4.62. The van der Waals surface area contributed by atoms with Crippen LogP contribution in [0.4, 0.5) is 13.2 Å². The molecule has 1 saturated heterocycles. The molecule has 0 amide bonds. The zero-order valence-electron chi connectivity index (χ0n) is 24.5. The van der Waals surface area contributed by atoms with Crippen molar-refractivity contribution in [3.8, 4) is 11.4 Å². The Kier molecular flexibility index (Phi) is 12.3. The van der Waals surface area contributed by atoms with Crippen molar-refractivity contribution in [3.05, 3.63) is 59.2 Å². The first-order valence-corrected chi connectivity index (χ1v) is 14.3. The molecule has 6 rings (SSSR count). The van der Waals surface area contributed by atoms with Crippen LogP contribution in [-0.2, 0) is 35.4 Å². The molecule has 0 atom stereocenters. The van der Waals surface area contributed by atoms with Crippen molar-refractivity contribution in [1.82, 2.24) is 44.6 Å². The van der Waals surface area contributed by atoms with Gasteiger partial charge in [0.2, 0.25) is 0 Å². The Labute approximate surface area is 290 Å². The molecule has 2 N–H and O–H groups in total. The van der Waals surface area contributed by atoms with Crippen LogP contribution < -0.4 is 0 Å². The minimum Gasteiger partial charge on any atom is -0.480 e. The van der Waals surface area contributed by atoms with Crippen LogP contribution in [0.3, 0.4) is 0 Å². The van der Waals surface area contributed by atoms with Crippen molar-refractivity contribution < 1.29 is 73.8 Å². The van der Waals surface area contributed by atoms with Gasteiger partial charge in [-0.3, -0.25) is 34.2 Å². The van der Waals surface area contributed by atoms with Gasteiger partial charge in [-0.15, -0.1) is 5.10 Å². The summed E-state index contributed by atoms with van der Waals surface area (Å²) < 4.78 is 43.6. The number of halogens is 3. The van der Waals surface area contributed by atoms with Crippen LogP contribution in [0.2, 0.25) is 0 Å². The number of hydrogen-bond donors (Lipinski definition) is 2. The second-order valence-corrected chi connectivity index (χ2v) is 11.0. The average Bonchev–Trinajstić information content (AvgIpc) is 3.41. The van der Waals surface area contributed by atoms with E-state index in [1.807, 2.05) is 17.0 Å². The SMILES string of the molecule is O=C(O)CN1CCN2CCN(CC(=O)O)CCN(CC1)Cc1cccc(n1)-c1cnnn1Cc1cc(C(F)(F)F)cc(n1)C2.[Nd]. The Morgan fingerprint density at radius 3 is 1.82 bits per heavy atom. The van der Waals surface area contributed by atoms with Crippen molar-refractivity contribution in [1.29, 1.82) is 0 Å². The van der Waals surface area contributed by atoms with E-state index in [-0.39, 0.29) is 78.4 Å². The number of nitrogens with zero attached hydrogens (tertiary/aromatic N) is 9. The van der Waals surface area contributed by atoms with Crippen LogP contribution in [0.1, 0.15) is 22.6 Å².